The van der Waals surface area contributed by atoms with Crippen molar-refractivity contribution in [3.63, 3.8) is 0 Å². The maximum atomic E-state index is 12.8. The van der Waals surface area contributed by atoms with Crippen LogP contribution in [0.1, 0.15) is 40.5 Å². The Labute approximate surface area is 207 Å². The molecule has 15 heteroatoms. The number of amides is 4. The van der Waals surface area contributed by atoms with Gasteiger partial charge in [0.2, 0.25) is 23.6 Å². The number of hydrogen-bond acceptors (Lipinski definition) is 10. The molecule has 0 saturated carbocycles. The van der Waals surface area contributed by atoms with E-state index in [2.05, 4.69) is 16.0 Å². The fraction of sp³-hybridized carbons (Fsp3) is 0.762. The zero-order valence-corrected chi connectivity index (χ0v) is 20.5. The van der Waals surface area contributed by atoms with E-state index in [0.717, 1.165) is 6.92 Å². The van der Waals surface area contributed by atoms with E-state index in [1.165, 1.54) is 6.92 Å². The topological polar surface area (TPSA) is 247 Å². The van der Waals surface area contributed by atoms with Gasteiger partial charge in [-0.3, -0.25) is 19.2 Å². The molecule has 1 heterocycles. The van der Waals surface area contributed by atoms with Crippen LogP contribution in [0.25, 0.3) is 0 Å². The number of carbonyl (C=O) groups is 5. The summed E-state index contributed by atoms with van der Waals surface area (Å²) in [7, 11) is 0. The molecule has 0 radical (unpaired) electrons. The van der Waals surface area contributed by atoms with E-state index in [1.807, 2.05) is 0 Å². The molecular weight excluding hydrogens is 484 g/mol. The largest absolute Gasteiger partial charge is 0.480 e. The first-order valence-corrected chi connectivity index (χ1v) is 11.4. The van der Waals surface area contributed by atoms with Crippen LogP contribution in [0.2, 0.25) is 0 Å². The lowest BCUT2D eigenvalue weighted by Gasteiger charge is -2.43. The summed E-state index contributed by atoms with van der Waals surface area (Å²) in [5.74, 6) is -4.83. The van der Waals surface area contributed by atoms with Gasteiger partial charge in [-0.2, -0.15) is 0 Å². The third kappa shape index (κ3) is 8.98. The number of carbonyl (C=O) groups excluding carboxylic acids is 4. The maximum absolute atomic E-state index is 12.8. The van der Waals surface area contributed by atoms with Crippen molar-refractivity contribution in [3.05, 3.63) is 0 Å². The molecule has 0 unspecified atom stereocenters. The molecule has 1 aliphatic heterocycles. The van der Waals surface area contributed by atoms with Crippen LogP contribution >= 0.6 is 0 Å². The van der Waals surface area contributed by atoms with Gasteiger partial charge < -0.3 is 51.6 Å². The van der Waals surface area contributed by atoms with Crippen molar-refractivity contribution >= 4 is 29.6 Å². The van der Waals surface area contributed by atoms with E-state index in [4.69, 9.17) is 15.2 Å². The van der Waals surface area contributed by atoms with Gasteiger partial charge in [-0.1, -0.05) is 13.8 Å². The van der Waals surface area contributed by atoms with Crippen LogP contribution in [0.15, 0.2) is 0 Å². The quantitative estimate of drug-likeness (QED) is 0.117. The van der Waals surface area contributed by atoms with E-state index in [9.17, 15) is 44.4 Å². The second-order valence-electron chi connectivity index (χ2n) is 8.84. The Balaban J connectivity index is 2.96. The Kier molecular flexibility index (Phi) is 12.2. The minimum Gasteiger partial charge on any atom is -0.480 e. The monoisotopic (exact) mass is 520 g/mol. The number of aliphatic carboxylic acids is 1. The van der Waals surface area contributed by atoms with Crippen molar-refractivity contribution < 1.29 is 53.9 Å². The Morgan fingerprint density at radius 1 is 1.06 bits per heavy atom. The number of nitrogens with two attached hydrogens (primary N) is 1. The van der Waals surface area contributed by atoms with Crippen LogP contribution in [0.5, 0.6) is 0 Å². The second kappa shape index (κ2) is 14.0. The molecule has 0 aromatic rings. The molecule has 15 nitrogen and oxygen atoms in total. The summed E-state index contributed by atoms with van der Waals surface area (Å²) in [6.45, 7) is 4.98. The number of hydrogen-bond donors (Lipinski definition) is 8. The third-order valence-corrected chi connectivity index (χ3v) is 5.51. The van der Waals surface area contributed by atoms with Gasteiger partial charge in [0.25, 0.3) is 0 Å². The molecule has 0 aromatic heterocycles. The van der Waals surface area contributed by atoms with E-state index in [-0.39, 0.29) is 12.8 Å². The molecule has 0 bridgehead atoms. The molecule has 0 aromatic carbocycles. The Hall–Kier alpha value is -2.85. The van der Waals surface area contributed by atoms with Crippen molar-refractivity contribution in [3.8, 4) is 0 Å². The summed E-state index contributed by atoms with van der Waals surface area (Å²) in [6.07, 6.45) is -7.65. The van der Waals surface area contributed by atoms with Crippen LogP contribution in [0.4, 0.5) is 0 Å². The normalized spacial score (nSPS) is 26.4. The fourth-order valence-corrected chi connectivity index (χ4v) is 3.54. The zero-order chi connectivity index (χ0) is 27.7. The van der Waals surface area contributed by atoms with Crippen molar-refractivity contribution in [2.75, 3.05) is 6.61 Å². The maximum Gasteiger partial charge on any atom is 0.326 e. The highest BCUT2D eigenvalue weighted by Gasteiger charge is 2.47. The standard InChI is InChI=1S/C21H36N4O11/c1-8(2)14(19(31)24-11(20(32)33)5-6-13(22)28)25-18(30)9(3)35-17-15(23-10(4)27)21(34)36-12(7-26)16(17)29/h8-9,11-12,14-17,21,26,29,34H,5-7H2,1-4H3,(H2,22,28)(H,23,27)(H,24,31)(H,25,30)(H,32,33)/t9-,11+,12-,14-,15+,16+,17-,21-/m1/s1. The Bertz CT molecular complexity index is 809. The molecule has 1 aliphatic rings. The molecule has 1 saturated heterocycles. The van der Waals surface area contributed by atoms with Crippen LogP contribution in [0.3, 0.4) is 0 Å². The van der Waals surface area contributed by atoms with Gasteiger partial charge >= 0.3 is 5.97 Å². The van der Waals surface area contributed by atoms with E-state index in [1.54, 1.807) is 13.8 Å². The van der Waals surface area contributed by atoms with E-state index < -0.39 is 91.0 Å². The highest BCUT2D eigenvalue weighted by Crippen LogP contribution is 2.24. The van der Waals surface area contributed by atoms with Crippen molar-refractivity contribution in [2.45, 2.75) is 89.4 Å². The minimum absolute atomic E-state index is 0.241. The van der Waals surface area contributed by atoms with Gasteiger partial charge in [-0.25, -0.2) is 4.79 Å². The Morgan fingerprint density at radius 2 is 1.67 bits per heavy atom. The van der Waals surface area contributed by atoms with Gasteiger partial charge in [0.15, 0.2) is 6.29 Å². The number of aliphatic hydroxyl groups excluding tert-OH is 3. The van der Waals surface area contributed by atoms with Crippen LogP contribution in [0, 0.1) is 5.92 Å². The van der Waals surface area contributed by atoms with Crippen molar-refractivity contribution in [1.29, 1.82) is 0 Å². The average Bonchev–Trinajstić information content (AvgIpc) is 2.77. The summed E-state index contributed by atoms with van der Waals surface area (Å²) >= 11 is 0. The van der Waals surface area contributed by atoms with Gasteiger partial charge in [-0.05, 0) is 19.3 Å². The average molecular weight is 521 g/mol. The van der Waals surface area contributed by atoms with Crippen molar-refractivity contribution in [1.82, 2.24) is 16.0 Å². The summed E-state index contributed by atoms with van der Waals surface area (Å²) < 4.78 is 10.7. The molecule has 9 N–H and O–H groups in total. The summed E-state index contributed by atoms with van der Waals surface area (Å²) in [5, 5.41) is 46.5. The SMILES string of the molecule is CC(=O)N[C@H]1[C@@H](O[C@H](C)C(=O)N[C@@H](C(=O)N[C@@H](CCC(N)=O)C(=O)O)C(C)C)[C@@H](O)[C@@H](CO)O[C@H]1O. The number of primary amides is 1. The number of rotatable bonds is 13. The lowest BCUT2D eigenvalue weighted by atomic mass is 9.96. The smallest absolute Gasteiger partial charge is 0.326 e. The number of aliphatic hydroxyl groups is 3. The summed E-state index contributed by atoms with van der Waals surface area (Å²) in [6, 6.07) is -3.88. The molecule has 8 atom stereocenters. The van der Waals surface area contributed by atoms with E-state index in [0.29, 0.717) is 0 Å². The zero-order valence-electron chi connectivity index (χ0n) is 20.5. The molecule has 206 valence electrons. The highest BCUT2D eigenvalue weighted by molar-refractivity contribution is 5.91. The highest BCUT2D eigenvalue weighted by atomic mass is 16.6. The lowest BCUT2D eigenvalue weighted by molar-refractivity contribution is -0.266. The van der Waals surface area contributed by atoms with Gasteiger partial charge in [-0.15, -0.1) is 0 Å². The molecule has 1 rings (SSSR count). The Morgan fingerprint density at radius 3 is 2.14 bits per heavy atom. The summed E-state index contributed by atoms with van der Waals surface area (Å²) in [5.41, 5.74) is 5.03. The number of carboxylic acids is 1. The fourth-order valence-electron chi connectivity index (χ4n) is 3.54. The first-order valence-electron chi connectivity index (χ1n) is 11.4. The molecule has 0 aliphatic carbocycles. The van der Waals surface area contributed by atoms with Crippen LogP contribution in [-0.2, 0) is 33.4 Å². The molecule has 36 heavy (non-hydrogen) atoms. The third-order valence-electron chi connectivity index (χ3n) is 5.51. The van der Waals surface area contributed by atoms with E-state index >= 15 is 0 Å². The van der Waals surface area contributed by atoms with Gasteiger partial charge in [0, 0.05) is 13.3 Å². The van der Waals surface area contributed by atoms with Crippen molar-refractivity contribution in [2.24, 2.45) is 11.7 Å². The first kappa shape index (κ1) is 31.2. The second-order valence-corrected chi connectivity index (χ2v) is 8.84. The molecule has 4 amide bonds. The molecular formula is C21H36N4O11. The summed E-state index contributed by atoms with van der Waals surface area (Å²) in [4.78, 5) is 59.5. The number of carboxylic acid groups (broad SMARTS) is 1. The van der Waals surface area contributed by atoms with Gasteiger partial charge in [0.05, 0.1) is 6.61 Å². The van der Waals surface area contributed by atoms with Gasteiger partial charge in [0.1, 0.15) is 42.5 Å². The number of nitrogens with one attached hydrogen (secondary N) is 3. The lowest BCUT2D eigenvalue weighted by Crippen LogP contribution is -2.65. The van der Waals surface area contributed by atoms with Crippen LogP contribution in [-0.4, -0.2) is 105 Å². The van der Waals surface area contributed by atoms with Crippen LogP contribution < -0.4 is 21.7 Å². The predicted molar refractivity (Wildman–Crippen MR) is 121 cm³/mol. The predicted octanol–water partition coefficient (Wildman–Crippen LogP) is -3.69. The minimum atomic E-state index is -1.66. The number of ether oxygens (including phenoxy) is 2. The molecule has 0 spiro atoms. The first-order chi connectivity index (χ1) is 16.7. The molecule has 1 fully saturated rings.